The number of nitrogens with one attached hydrogen (secondary N) is 1. The van der Waals surface area contributed by atoms with Gasteiger partial charge in [0, 0.05) is 11.8 Å². The minimum Gasteiger partial charge on any atom is -0.398 e. The van der Waals surface area contributed by atoms with Crippen LogP contribution in [0.3, 0.4) is 0 Å². The van der Waals surface area contributed by atoms with Gasteiger partial charge in [-0.05, 0) is 24.3 Å². The predicted octanol–water partition coefficient (Wildman–Crippen LogP) is 1.19. The molecule has 1 aromatic rings. The van der Waals surface area contributed by atoms with Crippen LogP contribution >= 0.6 is 11.8 Å². The molecule has 1 aliphatic rings. The molecule has 0 bridgehead atoms. The zero-order valence-electron chi connectivity index (χ0n) is 9.02. The van der Waals surface area contributed by atoms with Gasteiger partial charge in [0.25, 0.3) is 0 Å². The summed E-state index contributed by atoms with van der Waals surface area (Å²) in [6.07, 6.45) is 0.762. The van der Waals surface area contributed by atoms with Gasteiger partial charge in [-0.25, -0.2) is 17.5 Å². The molecule has 4 nitrogen and oxygen atoms in total. The summed E-state index contributed by atoms with van der Waals surface area (Å²) in [5, 5.41) is 0. The van der Waals surface area contributed by atoms with Crippen LogP contribution in [0.5, 0.6) is 0 Å². The maximum absolute atomic E-state index is 13.5. The quantitative estimate of drug-likeness (QED) is 0.814. The zero-order valence-corrected chi connectivity index (χ0v) is 10.7. The van der Waals surface area contributed by atoms with E-state index in [9.17, 15) is 12.8 Å². The summed E-state index contributed by atoms with van der Waals surface area (Å²) in [6.45, 7) is 0. The summed E-state index contributed by atoms with van der Waals surface area (Å²) >= 11 is 1.67. The molecule has 0 amide bonds. The molecule has 3 N–H and O–H groups in total. The van der Waals surface area contributed by atoms with Crippen LogP contribution in [-0.2, 0) is 10.0 Å². The monoisotopic (exact) mass is 276 g/mol. The molecule has 1 aromatic carbocycles. The molecule has 7 heteroatoms. The van der Waals surface area contributed by atoms with Crippen LogP contribution in [0.4, 0.5) is 10.1 Å². The molecule has 1 unspecified atom stereocenters. The van der Waals surface area contributed by atoms with Crippen molar-refractivity contribution in [3.05, 3.63) is 24.0 Å². The number of halogens is 1. The Hall–Kier alpha value is -0.790. The van der Waals surface area contributed by atoms with Gasteiger partial charge in [0.05, 0.1) is 5.69 Å². The minimum atomic E-state index is -3.87. The lowest BCUT2D eigenvalue weighted by Crippen LogP contribution is -2.35. The van der Waals surface area contributed by atoms with Gasteiger partial charge in [-0.3, -0.25) is 0 Å². The van der Waals surface area contributed by atoms with Crippen molar-refractivity contribution in [1.29, 1.82) is 0 Å². The molecule has 1 aliphatic heterocycles. The Morgan fingerprint density at radius 3 is 2.82 bits per heavy atom. The van der Waals surface area contributed by atoms with Gasteiger partial charge < -0.3 is 5.73 Å². The number of nitrogens with two attached hydrogens (primary N) is 1. The third-order valence-electron chi connectivity index (χ3n) is 2.52. The summed E-state index contributed by atoms with van der Waals surface area (Å²) in [5.41, 5.74) is 5.45. The largest absolute Gasteiger partial charge is 0.398 e. The molecular weight excluding hydrogens is 263 g/mol. The number of nitrogen functional groups attached to an aromatic ring is 1. The Balaban J connectivity index is 2.31. The molecule has 0 aromatic heterocycles. The SMILES string of the molecule is Nc1cccc(F)c1S(=O)(=O)NC1CCSC1. The second kappa shape index (κ2) is 4.83. The van der Waals surface area contributed by atoms with E-state index in [4.69, 9.17) is 5.73 Å². The Morgan fingerprint density at radius 2 is 2.24 bits per heavy atom. The van der Waals surface area contributed by atoms with E-state index in [2.05, 4.69) is 4.72 Å². The standard InChI is InChI=1S/C10H13FN2O2S2/c11-8-2-1-3-9(12)10(8)17(14,15)13-7-4-5-16-6-7/h1-3,7,13H,4-6,12H2. The number of hydrogen-bond donors (Lipinski definition) is 2. The fraction of sp³-hybridized carbons (Fsp3) is 0.400. The highest BCUT2D eigenvalue weighted by atomic mass is 32.2. The van der Waals surface area contributed by atoms with Crippen LogP contribution in [0.2, 0.25) is 0 Å². The topological polar surface area (TPSA) is 72.2 Å². The zero-order chi connectivity index (χ0) is 12.5. The second-order valence-electron chi connectivity index (χ2n) is 3.84. The normalized spacial score (nSPS) is 20.6. The van der Waals surface area contributed by atoms with Crippen LogP contribution < -0.4 is 10.5 Å². The van der Waals surface area contributed by atoms with Crippen molar-refractivity contribution in [2.24, 2.45) is 0 Å². The molecule has 1 heterocycles. The Morgan fingerprint density at radius 1 is 1.47 bits per heavy atom. The summed E-state index contributed by atoms with van der Waals surface area (Å²) < 4.78 is 40.0. The Labute approximate surface area is 104 Å². The van der Waals surface area contributed by atoms with Crippen LogP contribution in [0.1, 0.15) is 6.42 Å². The van der Waals surface area contributed by atoms with E-state index in [-0.39, 0.29) is 11.7 Å². The highest BCUT2D eigenvalue weighted by Crippen LogP contribution is 2.24. The van der Waals surface area contributed by atoms with Crippen molar-refractivity contribution in [1.82, 2.24) is 4.72 Å². The molecule has 2 rings (SSSR count). The molecule has 0 saturated carbocycles. The number of hydrogen-bond acceptors (Lipinski definition) is 4. The number of rotatable bonds is 3. The highest BCUT2D eigenvalue weighted by Gasteiger charge is 2.27. The maximum atomic E-state index is 13.5. The summed E-state index contributed by atoms with van der Waals surface area (Å²) in [4.78, 5) is -0.447. The number of sulfonamides is 1. The van der Waals surface area contributed by atoms with Gasteiger partial charge in [-0.2, -0.15) is 11.8 Å². The molecule has 1 atom stereocenters. The molecule has 0 spiro atoms. The van der Waals surface area contributed by atoms with Gasteiger partial charge in [-0.1, -0.05) is 6.07 Å². The lowest BCUT2D eigenvalue weighted by Gasteiger charge is -2.13. The average molecular weight is 276 g/mol. The molecule has 1 saturated heterocycles. The van der Waals surface area contributed by atoms with Crippen molar-refractivity contribution in [2.75, 3.05) is 17.2 Å². The van der Waals surface area contributed by atoms with Crippen molar-refractivity contribution in [2.45, 2.75) is 17.4 Å². The maximum Gasteiger partial charge on any atom is 0.245 e. The van der Waals surface area contributed by atoms with E-state index >= 15 is 0 Å². The van der Waals surface area contributed by atoms with Crippen molar-refractivity contribution >= 4 is 27.5 Å². The lowest BCUT2D eigenvalue weighted by molar-refractivity contribution is 0.545. The van der Waals surface area contributed by atoms with Crippen molar-refractivity contribution in [3.63, 3.8) is 0 Å². The molecular formula is C10H13FN2O2S2. The number of benzene rings is 1. The summed E-state index contributed by atoms with van der Waals surface area (Å²) in [6, 6.07) is 3.72. The first kappa shape index (κ1) is 12.7. The highest BCUT2D eigenvalue weighted by molar-refractivity contribution is 7.99. The fourth-order valence-electron chi connectivity index (χ4n) is 1.71. The third-order valence-corrected chi connectivity index (χ3v) is 5.29. The molecule has 94 valence electrons. The van der Waals surface area contributed by atoms with Crippen LogP contribution in [0.15, 0.2) is 23.1 Å². The molecule has 17 heavy (non-hydrogen) atoms. The van der Waals surface area contributed by atoms with Gasteiger partial charge in [0.15, 0.2) is 0 Å². The molecule has 0 radical (unpaired) electrons. The average Bonchev–Trinajstić information content (AvgIpc) is 2.68. The number of thioether (sulfide) groups is 1. The van der Waals surface area contributed by atoms with E-state index in [0.29, 0.717) is 5.75 Å². The van der Waals surface area contributed by atoms with E-state index in [1.165, 1.54) is 12.1 Å². The third kappa shape index (κ3) is 2.72. The van der Waals surface area contributed by atoms with Crippen molar-refractivity contribution < 1.29 is 12.8 Å². The predicted molar refractivity (Wildman–Crippen MR) is 66.9 cm³/mol. The van der Waals surface area contributed by atoms with Crippen LogP contribution in [0.25, 0.3) is 0 Å². The second-order valence-corrected chi connectivity index (χ2v) is 6.64. The minimum absolute atomic E-state index is 0.0665. The summed E-state index contributed by atoms with van der Waals surface area (Å²) in [7, 11) is -3.87. The molecule has 0 aliphatic carbocycles. The van der Waals surface area contributed by atoms with Crippen LogP contribution in [-0.4, -0.2) is 26.0 Å². The smallest absolute Gasteiger partial charge is 0.245 e. The Kier molecular flexibility index (Phi) is 3.60. The van der Waals surface area contributed by atoms with Crippen molar-refractivity contribution in [3.8, 4) is 0 Å². The lowest BCUT2D eigenvalue weighted by atomic mass is 10.3. The molecule has 1 fully saturated rings. The van der Waals surface area contributed by atoms with E-state index < -0.39 is 20.7 Å². The van der Waals surface area contributed by atoms with Gasteiger partial charge in [0.1, 0.15) is 10.7 Å². The fourth-order valence-corrected chi connectivity index (χ4v) is 4.43. The first-order chi connectivity index (χ1) is 8.00. The van der Waals surface area contributed by atoms with Gasteiger partial charge in [0.2, 0.25) is 10.0 Å². The van der Waals surface area contributed by atoms with Gasteiger partial charge >= 0.3 is 0 Å². The van der Waals surface area contributed by atoms with E-state index in [0.717, 1.165) is 18.2 Å². The van der Waals surface area contributed by atoms with E-state index in [1.54, 1.807) is 11.8 Å². The van der Waals surface area contributed by atoms with E-state index in [1.807, 2.05) is 0 Å². The first-order valence-corrected chi connectivity index (χ1v) is 7.78. The Bertz CT molecular complexity index is 493. The first-order valence-electron chi connectivity index (χ1n) is 5.15. The van der Waals surface area contributed by atoms with Gasteiger partial charge in [-0.15, -0.1) is 0 Å². The van der Waals surface area contributed by atoms with Crippen LogP contribution in [0, 0.1) is 5.82 Å². The summed E-state index contributed by atoms with van der Waals surface area (Å²) in [5.74, 6) is 0.816. The number of anilines is 1.